The highest BCUT2D eigenvalue weighted by Gasteiger charge is 2.23. The lowest BCUT2D eigenvalue weighted by atomic mass is 10.3. The number of hydrogen-bond acceptors (Lipinski definition) is 4. The maximum absolute atomic E-state index is 5.21. The van der Waals surface area contributed by atoms with Gasteiger partial charge in [-0.1, -0.05) is 18.2 Å². The van der Waals surface area contributed by atoms with Crippen LogP contribution in [0.3, 0.4) is 0 Å². The van der Waals surface area contributed by atoms with E-state index >= 15 is 0 Å². The van der Waals surface area contributed by atoms with Crippen LogP contribution in [0.5, 0.6) is 5.75 Å². The minimum atomic E-state index is 0. The van der Waals surface area contributed by atoms with Crippen LogP contribution < -0.4 is 20.3 Å². The zero-order valence-electron chi connectivity index (χ0n) is 17.9. The summed E-state index contributed by atoms with van der Waals surface area (Å²) in [5, 5.41) is 11.6. The lowest BCUT2D eigenvalue weighted by Crippen LogP contribution is -2.44. The molecule has 1 unspecified atom stereocenters. The molecule has 2 aromatic carbocycles. The molecule has 164 valence electrons. The minimum Gasteiger partial charge on any atom is -0.497 e. The molecule has 1 fully saturated rings. The van der Waals surface area contributed by atoms with Crippen molar-refractivity contribution in [3.63, 3.8) is 0 Å². The van der Waals surface area contributed by atoms with Crippen LogP contribution >= 0.6 is 24.0 Å². The Morgan fingerprint density at radius 2 is 1.87 bits per heavy atom. The smallest absolute Gasteiger partial charge is 0.191 e. The maximum Gasteiger partial charge on any atom is 0.191 e. The van der Waals surface area contributed by atoms with Gasteiger partial charge in [0, 0.05) is 38.1 Å². The SMILES string of the molecule is CN=C(NCc1ccn(-c2ccc(OC)cc2)n1)NC1CCN(c2ccccc2)C1.I. The van der Waals surface area contributed by atoms with Gasteiger partial charge in [0.05, 0.1) is 25.0 Å². The van der Waals surface area contributed by atoms with Crippen molar-refractivity contribution in [2.75, 3.05) is 32.1 Å². The van der Waals surface area contributed by atoms with E-state index in [1.807, 2.05) is 41.2 Å². The number of para-hydroxylation sites is 1. The molecule has 1 aliphatic rings. The summed E-state index contributed by atoms with van der Waals surface area (Å²) >= 11 is 0. The molecule has 4 rings (SSSR count). The molecule has 2 N–H and O–H groups in total. The van der Waals surface area contributed by atoms with E-state index in [1.165, 1.54) is 5.69 Å². The monoisotopic (exact) mass is 532 g/mol. The maximum atomic E-state index is 5.21. The van der Waals surface area contributed by atoms with E-state index in [1.54, 1.807) is 14.2 Å². The quantitative estimate of drug-likeness (QED) is 0.289. The fourth-order valence-electron chi connectivity index (χ4n) is 3.65. The number of guanidine groups is 1. The second kappa shape index (κ2) is 11.0. The van der Waals surface area contributed by atoms with Crippen LogP contribution in [-0.4, -0.2) is 49.0 Å². The van der Waals surface area contributed by atoms with Crippen LogP contribution in [0.25, 0.3) is 5.69 Å². The molecule has 0 saturated carbocycles. The Bertz CT molecular complexity index is 973. The lowest BCUT2D eigenvalue weighted by molar-refractivity contribution is 0.414. The first-order valence-corrected chi connectivity index (χ1v) is 10.2. The van der Waals surface area contributed by atoms with Crippen LogP contribution in [0.4, 0.5) is 5.69 Å². The van der Waals surface area contributed by atoms with Crippen molar-refractivity contribution < 1.29 is 4.74 Å². The largest absolute Gasteiger partial charge is 0.497 e. The van der Waals surface area contributed by atoms with Gasteiger partial charge in [-0.2, -0.15) is 5.10 Å². The fraction of sp³-hybridized carbons (Fsp3) is 0.304. The molecule has 0 bridgehead atoms. The Morgan fingerprint density at radius 1 is 1.10 bits per heavy atom. The summed E-state index contributed by atoms with van der Waals surface area (Å²) in [4.78, 5) is 6.78. The summed E-state index contributed by atoms with van der Waals surface area (Å²) < 4.78 is 7.07. The van der Waals surface area contributed by atoms with Crippen molar-refractivity contribution in [2.24, 2.45) is 4.99 Å². The zero-order chi connectivity index (χ0) is 20.8. The summed E-state index contributed by atoms with van der Waals surface area (Å²) in [5.74, 6) is 1.63. The molecule has 0 radical (unpaired) electrons. The second-order valence-corrected chi connectivity index (χ2v) is 7.29. The molecule has 0 aliphatic carbocycles. The predicted octanol–water partition coefficient (Wildman–Crippen LogP) is 3.44. The molecular formula is C23H29IN6O. The van der Waals surface area contributed by atoms with E-state index in [0.29, 0.717) is 12.6 Å². The van der Waals surface area contributed by atoms with Gasteiger partial charge >= 0.3 is 0 Å². The predicted molar refractivity (Wildman–Crippen MR) is 136 cm³/mol. The zero-order valence-corrected chi connectivity index (χ0v) is 20.2. The van der Waals surface area contributed by atoms with E-state index < -0.39 is 0 Å². The Morgan fingerprint density at radius 3 is 2.58 bits per heavy atom. The summed E-state index contributed by atoms with van der Waals surface area (Å²) in [5.41, 5.74) is 3.22. The summed E-state index contributed by atoms with van der Waals surface area (Å²) in [6.07, 6.45) is 3.05. The minimum absolute atomic E-state index is 0. The van der Waals surface area contributed by atoms with E-state index in [2.05, 4.69) is 56.0 Å². The van der Waals surface area contributed by atoms with Crippen LogP contribution in [0.15, 0.2) is 71.9 Å². The number of benzene rings is 2. The van der Waals surface area contributed by atoms with Gasteiger partial charge in [0.25, 0.3) is 0 Å². The first-order chi connectivity index (χ1) is 14.7. The highest BCUT2D eigenvalue weighted by Crippen LogP contribution is 2.19. The van der Waals surface area contributed by atoms with Crippen LogP contribution in [0.1, 0.15) is 12.1 Å². The van der Waals surface area contributed by atoms with Crippen molar-refractivity contribution in [1.29, 1.82) is 0 Å². The third-order valence-electron chi connectivity index (χ3n) is 5.29. The van der Waals surface area contributed by atoms with E-state index in [-0.39, 0.29) is 24.0 Å². The Kier molecular flexibility index (Phi) is 8.16. The molecule has 8 heteroatoms. The normalized spacial score (nSPS) is 16.0. The number of aliphatic imine (C=N–C) groups is 1. The van der Waals surface area contributed by atoms with Crippen molar-refractivity contribution in [1.82, 2.24) is 20.4 Å². The van der Waals surface area contributed by atoms with Crippen molar-refractivity contribution in [3.05, 3.63) is 72.6 Å². The van der Waals surface area contributed by atoms with Gasteiger partial charge in [-0.05, 0) is 48.9 Å². The molecule has 31 heavy (non-hydrogen) atoms. The number of nitrogens with one attached hydrogen (secondary N) is 2. The van der Waals surface area contributed by atoms with Crippen molar-refractivity contribution >= 4 is 35.6 Å². The number of aromatic nitrogens is 2. The highest BCUT2D eigenvalue weighted by atomic mass is 127. The number of anilines is 1. The number of hydrogen-bond donors (Lipinski definition) is 2. The van der Waals surface area contributed by atoms with E-state index in [4.69, 9.17) is 4.74 Å². The first-order valence-electron chi connectivity index (χ1n) is 10.2. The third-order valence-corrected chi connectivity index (χ3v) is 5.29. The van der Waals surface area contributed by atoms with Gasteiger partial charge in [-0.3, -0.25) is 4.99 Å². The average Bonchev–Trinajstić information content (AvgIpc) is 3.47. The van der Waals surface area contributed by atoms with E-state index in [9.17, 15) is 0 Å². The van der Waals surface area contributed by atoms with E-state index in [0.717, 1.165) is 42.6 Å². The number of rotatable bonds is 6. The summed E-state index contributed by atoms with van der Waals surface area (Å²) in [7, 11) is 3.47. The molecule has 7 nitrogen and oxygen atoms in total. The number of ether oxygens (including phenoxy) is 1. The molecule has 1 aromatic heterocycles. The van der Waals surface area contributed by atoms with Crippen molar-refractivity contribution in [2.45, 2.75) is 19.0 Å². The summed E-state index contributed by atoms with van der Waals surface area (Å²) in [6.45, 7) is 2.62. The van der Waals surface area contributed by atoms with Crippen LogP contribution in [0, 0.1) is 0 Å². The van der Waals surface area contributed by atoms with Gasteiger partial charge in [0.2, 0.25) is 0 Å². The van der Waals surface area contributed by atoms with Gasteiger partial charge in [-0.15, -0.1) is 24.0 Å². The number of methoxy groups -OCH3 is 1. The third kappa shape index (κ3) is 5.90. The molecule has 1 saturated heterocycles. The van der Waals surface area contributed by atoms with Gasteiger partial charge in [0.1, 0.15) is 5.75 Å². The molecule has 1 atom stereocenters. The molecular weight excluding hydrogens is 503 g/mol. The Balaban J connectivity index is 0.00000272. The average molecular weight is 532 g/mol. The van der Waals surface area contributed by atoms with Crippen LogP contribution in [-0.2, 0) is 6.54 Å². The van der Waals surface area contributed by atoms with Gasteiger partial charge in [0.15, 0.2) is 5.96 Å². The topological polar surface area (TPSA) is 66.7 Å². The highest BCUT2D eigenvalue weighted by molar-refractivity contribution is 14.0. The Labute approximate surface area is 200 Å². The number of halogens is 1. The van der Waals surface area contributed by atoms with Gasteiger partial charge in [-0.25, -0.2) is 4.68 Å². The van der Waals surface area contributed by atoms with Gasteiger partial charge < -0.3 is 20.3 Å². The number of nitrogens with zero attached hydrogens (tertiary/aromatic N) is 4. The molecule has 1 aliphatic heterocycles. The molecule has 2 heterocycles. The Hall–Kier alpha value is -2.75. The fourth-order valence-corrected chi connectivity index (χ4v) is 3.65. The summed E-state index contributed by atoms with van der Waals surface area (Å²) in [6, 6.07) is 20.8. The van der Waals surface area contributed by atoms with Crippen molar-refractivity contribution in [3.8, 4) is 11.4 Å². The first kappa shape index (κ1) is 22.9. The standard InChI is InChI=1S/C23H28N6O.HI/c1-24-23(26-19-12-14-28(17-19)20-6-4-3-5-7-20)25-16-18-13-15-29(27-18)21-8-10-22(30-2)11-9-21;/h3-11,13,15,19H,12,14,16-17H2,1-2H3,(H2,24,25,26);1H. The second-order valence-electron chi connectivity index (χ2n) is 7.29. The van der Waals surface area contributed by atoms with Crippen LogP contribution in [0.2, 0.25) is 0 Å². The molecule has 0 amide bonds. The lowest BCUT2D eigenvalue weighted by Gasteiger charge is -2.20. The molecule has 0 spiro atoms. The molecule has 3 aromatic rings.